The summed E-state index contributed by atoms with van der Waals surface area (Å²) >= 11 is 5.97. The van der Waals surface area contributed by atoms with E-state index < -0.39 is 10.0 Å². The van der Waals surface area contributed by atoms with E-state index in [2.05, 4.69) is 19.2 Å². The normalized spacial score (nSPS) is 18.0. The monoisotopic (exact) mass is 434 g/mol. The molecule has 7 heteroatoms. The second-order valence-corrected chi connectivity index (χ2v) is 10.3. The van der Waals surface area contributed by atoms with Crippen molar-refractivity contribution in [1.82, 2.24) is 4.31 Å². The van der Waals surface area contributed by atoms with Crippen LogP contribution in [0.5, 0.6) is 0 Å². The average molecular weight is 435 g/mol. The number of halogens is 1. The van der Waals surface area contributed by atoms with Crippen LogP contribution in [-0.2, 0) is 20.6 Å². The van der Waals surface area contributed by atoms with E-state index in [0.29, 0.717) is 35.9 Å². The molecule has 1 aliphatic rings. The van der Waals surface area contributed by atoms with Crippen molar-refractivity contribution in [3.63, 3.8) is 0 Å². The molecule has 0 saturated carbocycles. The maximum absolute atomic E-state index is 12.8. The first-order valence-corrected chi connectivity index (χ1v) is 11.9. The van der Waals surface area contributed by atoms with E-state index in [1.54, 1.807) is 24.3 Å². The minimum Gasteiger partial charge on any atom is -0.326 e. The van der Waals surface area contributed by atoms with Gasteiger partial charge in [-0.15, -0.1) is 0 Å². The van der Waals surface area contributed by atoms with Crippen LogP contribution < -0.4 is 5.32 Å². The molecule has 1 aliphatic heterocycles. The molecule has 156 valence electrons. The van der Waals surface area contributed by atoms with Crippen molar-refractivity contribution in [1.29, 1.82) is 0 Å². The number of hydrogen-bond donors (Lipinski definition) is 1. The fourth-order valence-corrected chi connectivity index (χ4v) is 5.34. The molecule has 1 heterocycles. The number of nitrogens with zero attached hydrogens (tertiary/aromatic N) is 1. The van der Waals surface area contributed by atoms with Crippen molar-refractivity contribution >= 4 is 33.2 Å². The highest BCUT2D eigenvalue weighted by molar-refractivity contribution is 7.88. The van der Waals surface area contributed by atoms with Gasteiger partial charge in [-0.3, -0.25) is 4.79 Å². The molecule has 29 heavy (non-hydrogen) atoms. The van der Waals surface area contributed by atoms with Crippen LogP contribution in [0.3, 0.4) is 0 Å². The van der Waals surface area contributed by atoms with Crippen molar-refractivity contribution in [3.8, 4) is 0 Å². The molecule has 0 aliphatic carbocycles. The Kier molecular flexibility index (Phi) is 6.98. The zero-order valence-electron chi connectivity index (χ0n) is 16.8. The van der Waals surface area contributed by atoms with Gasteiger partial charge in [0.1, 0.15) is 0 Å². The molecule has 0 unspecified atom stereocenters. The molecule has 2 aromatic rings. The van der Waals surface area contributed by atoms with E-state index >= 15 is 0 Å². The van der Waals surface area contributed by atoms with Crippen molar-refractivity contribution < 1.29 is 13.2 Å². The van der Waals surface area contributed by atoms with Gasteiger partial charge in [0.2, 0.25) is 15.9 Å². The Bertz CT molecular complexity index is 958. The van der Waals surface area contributed by atoms with Crippen LogP contribution in [0.1, 0.15) is 43.7 Å². The zero-order valence-corrected chi connectivity index (χ0v) is 18.3. The summed E-state index contributed by atoms with van der Waals surface area (Å²) in [5, 5.41) is 3.44. The second-order valence-electron chi connectivity index (χ2n) is 7.85. The van der Waals surface area contributed by atoms with E-state index in [1.165, 1.54) is 9.87 Å². The molecule has 5 nitrogen and oxygen atoms in total. The number of carbonyl (C=O) groups is 1. The van der Waals surface area contributed by atoms with Gasteiger partial charge in [-0.25, -0.2) is 12.7 Å². The number of carbonyl (C=O) groups excluding carboxylic acids is 1. The molecule has 1 amide bonds. The van der Waals surface area contributed by atoms with Gasteiger partial charge < -0.3 is 5.32 Å². The van der Waals surface area contributed by atoms with Crippen LogP contribution in [0.4, 0.5) is 5.69 Å². The summed E-state index contributed by atoms with van der Waals surface area (Å²) < 4.78 is 27.1. The molecule has 2 aromatic carbocycles. The van der Waals surface area contributed by atoms with E-state index in [1.807, 2.05) is 24.3 Å². The predicted molar refractivity (Wildman–Crippen MR) is 118 cm³/mol. The number of amides is 1. The smallest absolute Gasteiger partial charge is 0.228 e. The Morgan fingerprint density at radius 2 is 1.93 bits per heavy atom. The van der Waals surface area contributed by atoms with Crippen molar-refractivity contribution in [2.45, 2.75) is 38.4 Å². The Morgan fingerprint density at radius 3 is 2.59 bits per heavy atom. The Balaban J connectivity index is 1.63. The first-order chi connectivity index (χ1) is 13.7. The van der Waals surface area contributed by atoms with E-state index in [-0.39, 0.29) is 24.1 Å². The number of hydrogen-bond acceptors (Lipinski definition) is 3. The maximum Gasteiger partial charge on any atom is 0.228 e. The van der Waals surface area contributed by atoms with Gasteiger partial charge in [0.25, 0.3) is 0 Å². The summed E-state index contributed by atoms with van der Waals surface area (Å²) in [7, 11) is -3.51. The maximum atomic E-state index is 12.8. The number of nitrogens with one attached hydrogen (secondary N) is 1. The lowest BCUT2D eigenvalue weighted by Gasteiger charge is -2.31. The van der Waals surface area contributed by atoms with Crippen LogP contribution in [0.25, 0.3) is 0 Å². The molecule has 0 radical (unpaired) electrons. The largest absolute Gasteiger partial charge is 0.326 e. The fraction of sp³-hybridized carbons (Fsp3) is 0.409. The van der Waals surface area contributed by atoms with Gasteiger partial charge in [0.15, 0.2) is 0 Å². The minimum absolute atomic E-state index is 0.113. The summed E-state index contributed by atoms with van der Waals surface area (Å²) in [5.41, 5.74) is 2.59. The van der Waals surface area contributed by atoms with Crippen molar-refractivity contribution in [2.75, 3.05) is 18.4 Å². The summed E-state index contributed by atoms with van der Waals surface area (Å²) in [5.74, 6) is -0.178. The van der Waals surface area contributed by atoms with Gasteiger partial charge in [0.05, 0.1) is 11.7 Å². The molecular weight excluding hydrogens is 408 g/mol. The first-order valence-electron chi connectivity index (χ1n) is 9.87. The Hall–Kier alpha value is -1.89. The summed E-state index contributed by atoms with van der Waals surface area (Å²) in [6.07, 6.45) is 1.35. The zero-order chi connectivity index (χ0) is 21.0. The van der Waals surface area contributed by atoms with Crippen molar-refractivity contribution in [2.24, 2.45) is 5.92 Å². The summed E-state index contributed by atoms with van der Waals surface area (Å²) in [6, 6.07) is 14.7. The Morgan fingerprint density at radius 1 is 1.21 bits per heavy atom. The molecule has 3 rings (SSSR count). The van der Waals surface area contributed by atoms with Crippen LogP contribution in [0.2, 0.25) is 5.02 Å². The molecule has 1 N–H and O–H groups in total. The third kappa shape index (κ3) is 5.81. The van der Waals surface area contributed by atoms with Crippen LogP contribution >= 0.6 is 11.6 Å². The molecule has 1 fully saturated rings. The third-order valence-electron chi connectivity index (χ3n) is 5.23. The summed E-state index contributed by atoms with van der Waals surface area (Å²) in [4.78, 5) is 12.7. The van der Waals surface area contributed by atoms with Crippen LogP contribution in [-0.4, -0.2) is 31.7 Å². The number of rotatable bonds is 6. The van der Waals surface area contributed by atoms with E-state index in [9.17, 15) is 13.2 Å². The van der Waals surface area contributed by atoms with E-state index in [0.717, 1.165) is 5.69 Å². The minimum atomic E-state index is -3.51. The number of anilines is 1. The molecule has 0 bridgehead atoms. The molecule has 1 saturated heterocycles. The van der Waals surface area contributed by atoms with Gasteiger partial charge >= 0.3 is 0 Å². The Labute approximate surface area is 178 Å². The number of sulfonamides is 1. The highest BCUT2D eigenvalue weighted by Gasteiger charge is 2.32. The molecule has 0 spiro atoms. The lowest BCUT2D eigenvalue weighted by molar-refractivity contribution is -0.120. The molecule has 1 atom stereocenters. The molecule has 0 aromatic heterocycles. The molecular formula is C22H27ClN2O3S. The highest BCUT2D eigenvalue weighted by Crippen LogP contribution is 2.24. The highest BCUT2D eigenvalue weighted by atomic mass is 35.5. The van der Waals surface area contributed by atoms with Gasteiger partial charge in [-0.2, -0.15) is 0 Å². The van der Waals surface area contributed by atoms with Gasteiger partial charge in [0, 0.05) is 23.8 Å². The van der Waals surface area contributed by atoms with Gasteiger partial charge in [-0.1, -0.05) is 49.7 Å². The number of benzene rings is 2. The van der Waals surface area contributed by atoms with Crippen molar-refractivity contribution in [3.05, 3.63) is 64.7 Å². The van der Waals surface area contributed by atoms with Gasteiger partial charge in [-0.05, 0) is 54.2 Å². The fourth-order valence-electron chi connectivity index (χ4n) is 3.53. The standard InChI is InChI=1S/C22H27ClN2O3S/c1-16(2)18-8-10-21(11-9-18)24-22(26)19-6-4-12-25(14-19)29(27,28)15-17-5-3-7-20(23)13-17/h3,5,7-11,13,16,19H,4,6,12,14-15H2,1-2H3,(H,24,26)/t19-/m1/s1. The predicted octanol–water partition coefficient (Wildman–Crippen LogP) is 4.64. The second kappa shape index (κ2) is 9.28. The summed E-state index contributed by atoms with van der Waals surface area (Å²) in [6.45, 7) is 4.89. The lowest BCUT2D eigenvalue weighted by Crippen LogP contribution is -2.44. The SMILES string of the molecule is CC(C)c1ccc(NC(=O)[C@@H]2CCCN(S(=O)(=O)Cc3cccc(Cl)c3)C2)cc1. The van der Waals surface area contributed by atoms with Crippen LogP contribution in [0.15, 0.2) is 48.5 Å². The average Bonchev–Trinajstić information content (AvgIpc) is 2.68. The van der Waals surface area contributed by atoms with Crippen LogP contribution in [0, 0.1) is 5.92 Å². The lowest BCUT2D eigenvalue weighted by atomic mass is 9.98. The number of piperidine rings is 1. The van der Waals surface area contributed by atoms with E-state index in [4.69, 9.17) is 11.6 Å². The first kappa shape index (κ1) is 21.8. The topological polar surface area (TPSA) is 66.5 Å². The third-order valence-corrected chi connectivity index (χ3v) is 7.28. The quantitative estimate of drug-likeness (QED) is 0.719.